The summed E-state index contributed by atoms with van der Waals surface area (Å²) in [4.78, 5) is 7.97. The first kappa shape index (κ1) is 8.89. The molecule has 14 heavy (non-hydrogen) atoms. The molecule has 1 aromatic heterocycles. The number of aryl methyl sites for hydroxylation is 2. The average molecular weight is 209 g/mol. The standard InChI is InChI=1S/C11H15NOS/c12-13-7-11(4-5-11)10-6-8-2-1-3-9(8)14-10/h6H,1-5,7,12H2. The van der Waals surface area contributed by atoms with E-state index >= 15 is 0 Å². The molecule has 0 bridgehead atoms. The highest BCUT2D eigenvalue weighted by molar-refractivity contribution is 7.12. The number of rotatable bonds is 3. The van der Waals surface area contributed by atoms with Gasteiger partial charge in [-0.1, -0.05) is 0 Å². The Balaban J connectivity index is 1.90. The molecule has 1 heterocycles. The first-order valence-electron chi connectivity index (χ1n) is 5.28. The van der Waals surface area contributed by atoms with Crippen molar-refractivity contribution in [2.75, 3.05) is 6.61 Å². The third-order valence-electron chi connectivity index (χ3n) is 3.48. The minimum absolute atomic E-state index is 0.309. The third kappa shape index (κ3) is 1.23. The molecule has 2 N–H and O–H groups in total. The highest BCUT2D eigenvalue weighted by Crippen LogP contribution is 2.52. The van der Waals surface area contributed by atoms with Gasteiger partial charge in [-0.25, -0.2) is 5.90 Å². The van der Waals surface area contributed by atoms with Gasteiger partial charge in [0, 0.05) is 15.2 Å². The number of hydrogen-bond donors (Lipinski definition) is 1. The fraction of sp³-hybridized carbons (Fsp3) is 0.636. The summed E-state index contributed by atoms with van der Waals surface area (Å²) in [5.74, 6) is 5.19. The normalized spacial score (nSPS) is 22.4. The van der Waals surface area contributed by atoms with Crippen LogP contribution in [0.2, 0.25) is 0 Å². The van der Waals surface area contributed by atoms with Crippen molar-refractivity contribution < 1.29 is 4.84 Å². The predicted octanol–water partition coefficient (Wildman–Crippen LogP) is 2.16. The van der Waals surface area contributed by atoms with Crippen LogP contribution in [0.15, 0.2) is 6.07 Å². The molecule has 1 aromatic rings. The van der Waals surface area contributed by atoms with Gasteiger partial charge in [-0.3, -0.25) is 0 Å². The van der Waals surface area contributed by atoms with E-state index in [0.717, 1.165) is 0 Å². The Morgan fingerprint density at radius 2 is 2.29 bits per heavy atom. The molecule has 76 valence electrons. The minimum atomic E-state index is 0.309. The first-order chi connectivity index (χ1) is 6.84. The van der Waals surface area contributed by atoms with Crippen molar-refractivity contribution in [3.63, 3.8) is 0 Å². The summed E-state index contributed by atoms with van der Waals surface area (Å²) in [6, 6.07) is 2.40. The lowest BCUT2D eigenvalue weighted by Gasteiger charge is -2.10. The maximum Gasteiger partial charge on any atom is 0.0783 e. The molecule has 0 atom stereocenters. The van der Waals surface area contributed by atoms with Crippen LogP contribution in [0.1, 0.15) is 34.6 Å². The molecule has 2 aliphatic carbocycles. The molecule has 2 aliphatic rings. The van der Waals surface area contributed by atoms with E-state index in [1.807, 2.05) is 11.3 Å². The van der Waals surface area contributed by atoms with Crippen molar-refractivity contribution in [2.24, 2.45) is 5.90 Å². The van der Waals surface area contributed by atoms with Gasteiger partial charge < -0.3 is 4.84 Å². The Bertz CT molecular complexity index is 333. The van der Waals surface area contributed by atoms with Gasteiger partial charge in [0.1, 0.15) is 0 Å². The van der Waals surface area contributed by atoms with Crippen LogP contribution >= 0.6 is 11.3 Å². The highest BCUT2D eigenvalue weighted by atomic mass is 32.1. The van der Waals surface area contributed by atoms with Gasteiger partial charge in [0.25, 0.3) is 0 Å². The molecular formula is C11H15NOS. The molecule has 1 fully saturated rings. The quantitative estimate of drug-likeness (QED) is 0.774. The van der Waals surface area contributed by atoms with Crippen molar-refractivity contribution in [2.45, 2.75) is 37.5 Å². The van der Waals surface area contributed by atoms with Crippen LogP contribution in [0.4, 0.5) is 0 Å². The summed E-state index contributed by atoms with van der Waals surface area (Å²) in [7, 11) is 0. The number of thiophene rings is 1. The smallest absolute Gasteiger partial charge is 0.0783 e. The summed E-state index contributed by atoms with van der Waals surface area (Å²) in [5.41, 5.74) is 1.90. The fourth-order valence-corrected chi connectivity index (χ4v) is 3.85. The third-order valence-corrected chi connectivity index (χ3v) is 4.97. The van der Waals surface area contributed by atoms with Gasteiger partial charge in [0.05, 0.1) is 6.61 Å². The molecule has 0 amide bonds. The topological polar surface area (TPSA) is 35.2 Å². The van der Waals surface area contributed by atoms with E-state index in [1.165, 1.54) is 37.0 Å². The van der Waals surface area contributed by atoms with E-state index in [-0.39, 0.29) is 0 Å². The monoisotopic (exact) mass is 209 g/mol. The van der Waals surface area contributed by atoms with Crippen LogP contribution in [0.3, 0.4) is 0 Å². The second-order valence-corrected chi connectivity index (χ2v) is 5.64. The second kappa shape index (κ2) is 3.05. The molecule has 0 aromatic carbocycles. The van der Waals surface area contributed by atoms with Crippen LogP contribution in [0.25, 0.3) is 0 Å². The van der Waals surface area contributed by atoms with Gasteiger partial charge in [0.15, 0.2) is 0 Å². The lowest BCUT2D eigenvalue weighted by atomic mass is 10.1. The van der Waals surface area contributed by atoms with E-state index in [0.29, 0.717) is 12.0 Å². The van der Waals surface area contributed by atoms with E-state index in [2.05, 4.69) is 6.07 Å². The molecule has 0 unspecified atom stereocenters. The van der Waals surface area contributed by atoms with Crippen molar-refractivity contribution in [1.82, 2.24) is 0 Å². The molecule has 2 nitrogen and oxygen atoms in total. The fourth-order valence-electron chi connectivity index (χ4n) is 2.36. The van der Waals surface area contributed by atoms with E-state index in [1.54, 1.807) is 10.4 Å². The van der Waals surface area contributed by atoms with Crippen molar-refractivity contribution in [3.8, 4) is 0 Å². The summed E-state index contributed by atoms with van der Waals surface area (Å²) >= 11 is 2.00. The number of nitrogens with two attached hydrogens (primary N) is 1. The zero-order chi connectivity index (χ0) is 9.60. The summed E-state index contributed by atoms with van der Waals surface area (Å²) in [6.07, 6.45) is 6.43. The number of hydrogen-bond acceptors (Lipinski definition) is 3. The van der Waals surface area contributed by atoms with Crippen LogP contribution in [-0.2, 0) is 23.1 Å². The van der Waals surface area contributed by atoms with Crippen LogP contribution < -0.4 is 5.90 Å². The molecule has 0 saturated heterocycles. The zero-order valence-electron chi connectivity index (χ0n) is 8.21. The molecule has 3 heteroatoms. The van der Waals surface area contributed by atoms with Gasteiger partial charge in [-0.15, -0.1) is 11.3 Å². The summed E-state index contributed by atoms with van der Waals surface area (Å²) in [6.45, 7) is 0.701. The minimum Gasteiger partial charge on any atom is -0.304 e. The average Bonchev–Trinajstić information content (AvgIpc) is 2.65. The Morgan fingerprint density at radius 3 is 2.93 bits per heavy atom. The van der Waals surface area contributed by atoms with Crippen molar-refractivity contribution in [1.29, 1.82) is 0 Å². The molecule has 0 spiro atoms. The van der Waals surface area contributed by atoms with Crippen LogP contribution in [0, 0.1) is 0 Å². The maximum atomic E-state index is 5.19. The first-order valence-corrected chi connectivity index (χ1v) is 6.09. The Morgan fingerprint density at radius 1 is 1.43 bits per heavy atom. The summed E-state index contributed by atoms with van der Waals surface area (Å²) in [5, 5.41) is 0. The van der Waals surface area contributed by atoms with Gasteiger partial charge in [-0.2, -0.15) is 0 Å². The van der Waals surface area contributed by atoms with E-state index in [9.17, 15) is 0 Å². The zero-order valence-corrected chi connectivity index (χ0v) is 9.03. The van der Waals surface area contributed by atoms with Gasteiger partial charge in [0.2, 0.25) is 0 Å². The predicted molar refractivity (Wildman–Crippen MR) is 57.4 cm³/mol. The van der Waals surface area contributed by atoms with Crippen molar-refractivity contribution >= 4 is 11.3 Å². The molecule has 1 saturated carbocycles. The highest BCUT2D eigenvalue weighted by Gasteiger charge is 2.46. The molecule has 0 radical (unpaired) electrons. The van der Waals surface area contributed by atoms with Crippen molar-refractivity contribution in [3.05, 3.63) is 21.4 Å². The molecular weight excluding hydrogens is 194 g/mol. The second-order valence-electron chi connectivity index (χ2n) is 4.50. The maximum absolute atomic E-state index is 5.19. The summed E-state index contributed by atoms with van der Waals surface area (Å²) < 4.78 is 0. The van der Waals surface area contributed by atoms with Gasteiger partial charge in [-0.05, 0) is 43.7 Å². The molecule has 0 aliphatic heterocycles. The lowest BCUT2D eigenvalue weighted by molar-refractivity contribution is 0.117. The Kier molecular flexibility index (Phi) is 1.94. The van der Waals surface area contributed by atoms with Gasteiger partial charge >= 0.3 is 0 Å². The Labute approximate surface area is 88.0 Å². The lowest BCUT2D eigenvalue weighted by Crippen LogP contribution is -2.16. The largest absolute Gasteiger partial charge is 0.304 e. The van der Waals surface area contributed by atoms with Crippen LogP contribution in [0.5, 0.6) is 0 Å². The SMILES string of the molecule is NOCC1(c2cc3c(s2)CCC3)CC1. The van der Waals surface area contributed by atoms with E-state index < -0.39 is 0 Å². The van der Waals surface area contributed by atoms with E-state index in [4.69, 9.17) is 10.7 Å². The Hall–Kier alpha value is -0.380. The number of fused-ring (bicyclic) bond motifs is 1. The van der Waals surface area contributed by atoms with Crippen LogP contribution in [-0.4, -0.2) is 6.61 Å². The molecule has 3 rings (SSSR count).